The Labute approximate surface area is 104 Å². The highest BCUT2D eigenvalue weighted by molar-refractivity contribution is 5.81. The highest BCUT2D eigenvalue weighted by atomic mass is 16.5. The lowest BCUT2D eigenvalue weighted by molar-refractivity contribution is -0.155. The van der Waals surface area contributed by atoms with Crippen LogP contribution in [-0.2, 0) is 9.53 Å². The molecule has 1 fully saturated rings. The van der Waals surface area contributed by atoms with Gasteiger partial charge in [-0.2, -0.15) is 0 Å². The Morgan fingerprint density at radius 3 is 2.82 bits per heavy atom. The van der Waals surface area contributed by atoms with Crippen molar-refractivity contribution in [1.82, 2.24) is 10.6 Å². The number of rotatable bonds is 6. The average Bonchev–Trinajstić information content (AvgIpc) is 2.36. The summed E-state index contributed by atoms with van der Waals surface area (Å²) in [5.74, 6) is 0.253. The maximum Gasteiger partial charge on any atom is 0.326 e. The third-order valence-corrected chi connectivity index (χ3v) is 3.61. The zero-order valence-electron chi connectivity index (χ0n) is 11.3. The van der Waals surface area contributed by atoms with Crippen LogP contribution < -0.4 is 10.6 Å². The third kappa shape index (κ3) is 3.19. The number of hydrogen-bond donors (Lipinski definition) is 2. The molecule has 0 aromatic rings. The highest BCUT2D eigenvalue weighted by Gasteiger charge is 2.46. The van der Waals surface area contributed by atoms with Crippen LogP contribution in [0.3, 0.4) is 0 Å². The number of nitrogens with one attached hydrogen (secondary N) is 2. The fourth-order valence-corrected chi connectivity index (χ4v) is 2.61. The second-order valence-corrected chi connectivity index (χ2v) is 4.68. The Bertz CT molecular complexity index is 246. The van der Waals surface area contributed by atoms with E-state index in [9.17, 15) is 4.79 Å². The van der Waals surface area contributed by atoms with Gasteiger partial charge < -0.3 is 15.4 Å². The molecule has 2 N–H and O–H groups in total. The van der Waals surface area contributed by atoms with Crippen LogP contribution in [-0.4, -0.2) is 37.7 Å². The summed E-state index contributed by atoms with van der Waals surface area (Å²) in [5.41, 5.74) is -0.466. The van der Waals surface area contributed by atoms with Crippen LogP contribution in [0.5, 0.6) is 0 Å². The SMILES string of the molecule is CCCNC1(C(=O)OCC)CCNCC1CC. The summed E-state index contributed by atoms with van der Waals surface area (Å²) in [7, 11) is 0. The van der Waals surface area contributed by atoms with Crippen molar-refractivity contribution in [2.45, 2.75) is 45.6 Å². The van der Waals surface area contributed by atoms with E-state index in [0.717, 1.165) is 38.9 Å². The van der Waals surface area contributed by atoms with Crippen LogP contribution in [0, 0.1) is 5.92 Å². The van der Waals surface area contributed by atoms with E-state index in [1.54, 1.807) is 0 Å². The van der Waals surface area contributed by atoms with E-state index in [0.29, 0.717) is 12.5 Å². The summed E-state index contributed by atoms with van der Waals surface area (Å²) in [6.45, 7) is 9.23. The molecule has 1 saturated heterocycles. The first-order chi connectivity index (χ1) is 8.21. The van der Waals surface area contributed by atoms with Gasteiger partial charge in [0.25, 0.3) is 0 Å². The summed E-state index contributed by atoms with van der Waals surface area (Å²) in [6.07, 6.45) is 2.85. The summed E-state index contributed by atoms with van der Waals surface area (Å²) in [4.78, 5) is 12.3. The normalized spacial score (nSPS) is 29.0. The van der Waals surface area contributed by atoms with Gasteiger partial charge in [-0.15, -0.1) is 0 Å². The maximum atomic E-state index is 12.3. The van der Waals surface area contributed by atoms with Gasteiger partial charge in [0.2, 0.25) is 0 Å². The molecule has 2 unspecified atom stereocenters. The molecule has 1 rings (SSSR count). The van der Waals surface area contributed by atoms with Crippen molar-refractivity contribution in [3.8, 4) is 0 Å². The highest BCUT2D eigenvalue weighted by Crippen LogP contribution is 2.28. The molecule has 1 heterocycles. The van der Waals surface area contributed by atoms with E-state index < -0.39 is 5.54 Å². The van der Waals surface area contributed by atoms with Crippen LogP contribution >= 0.6 is 0 Å². The molecule has 0 saturated carbocycles. The molecule has 1 aliphatic rings. The molecule has 100 valence electrons. The number of piperidine rings is 1. The van der Waals surface area contributed by atoms with Gasteiger partial charge >= 0.3 is 5.97 Å². The van der Waals surface area contributed by atoms with Gasteiger partial charge in [-0.25, -0.2) is 0 Å². The fourth-order valence-electron chi connectivity index (χ4n) is 2.61. The van der Waals surface area contributed by atoms with Crippen molar-refractivity contribution in [3.63, 3.8) is 0 Å². The van der Waals surface area contributed by atoms with E-state index in [1.165, 1.54) is 0 Å². The van der Waals surface area contributed by atoms with Crippen LogP contribution in [0.15, 0.2) is 0 Å². The smallest absolute Gasteiger partial charge is 0.326 e. The molecule has 0 spiro atoms. The molecule has 0 aromatic heterocycles. The van der Waals surface area contributed by atoms with Gasteiger partial charge in [-0.05, 0) is 39.3 Å². The van der Waals surface area contributed by atoms with Crippen LogP contribution in [0.2, 0.25) is 0 Å². The van der Waals surface area contributed by atoms with Gasteiger partial charge in [0.1, 0.15) is 5.54 Å². The molecule has 0 bridgehead atoms. The second kappa shape index (κ2) is 6.97. The van der Waals surface area contributed by atoms with E-state index in [4.69, 9.17) is 4.74 Å². The van der Waals surface area contributed by atoms with Gasteiger partial charge in [0, 0.05) is 12.5 Å². The van der Waals surface area contributed by atoms with Crippen molar-refractivity contribution in [1.29, 1.82) is 0 Å². The average molecular weight is 242 g/mol. The van der Waals surface area contributed by atoms with Crippen molar-refractivity contribution in [2.24, 2.45) is 5.92 Å². The summed E-state index contributed by atoms with van der Waals surface area (Å²) in [5, 5.41) is 6.82. The first-order valence-corrected chi connectivity index (χ1v) is 6.84. The molecule has 1 aliphatic heterocycles. The number of esters is 1. The molecular formula is C13H26N2O2. The van der Waals surface area contributed by atoms with Crippen molar-refractivity contribution < 1.29 is 9.53 Å². The van der Waals surface area contributed by atoms with Gasteiger partial charge in [-0.3, -0.25) is 4.79 Å². The van der Waals surface area contributed by atoms with Crippen LogP contribution in [0.25, 0.3) is 0 Å². The molecule has 0 amide bonds. The van der Waals surface area contributed by atoms with Gasteiger partial charge in [-0.1, -0.05) is 13.8 Å². The number of hydrogen-bond acceptors (Lipinski definition) is 4. The van der Waals surface area contributed by atoms with Crippen molar-refractivity contribution in [3.05, 3.63) is 0 Å². The molecule has 0 aromatic carbocycles. The van der Waals surface area contributed by atoms with E-state index >= 15 is 0 Å². The fraction of sp³-hybridized carbons (Fsp3) is 0.923. The molecule has 0 aliphatic carbocycles. The lowest BCUT2D eigenvalue weighted by Crippen LogP contribution is -2.64. The minimum absolute atomic E-state index is 0.0678. The second-order valence-electron chi connectivity index (χ2n) is 4.68. The predicted molar refractivity (Wildman–Crippen MR) is 68.9 cm³/mol. The van der Waals surface area contributed by atoms with E-state index in [-0.39, 0.29) is 5.97 Å². The molecule has 4 heteroatoms. The number of carbonyl (C=O) groups excluding carboxylic acids is 1. The Kier molecular flexibility index (Phi) is 5.92. The topological polar surface area (TPSA) is 50.4 Å². The molecule has 2 atom stereocenters. The predicted octanol–water partition coefficient (Wildman–Crippen LogP) is 1.31. The zero-order chi connectivity index (χ0) is 12.7. The summed E-state index contributed by atoms with van der Waals surface area (Å²) < 4.78 is 5.28. The molecule has 17 heavy (non-hydrogen) atoms. The molecular weight excluding hydrogens is 216 g/mol. The number of carbonyl (C=O) groups is 1. The molecule has 4 nitrogen and oxygen atoms in total. The third-order valence-electron chi connectivity index (χ3n) is 3.61. The first kappa shape index (κ1) is 14.5. The first-order valence-electron chi connectivity index (χ1n) is 6.84. The Morgan fingerprint density at radius 2 is 2.24 bits per heavy atom. The Morgan fingerprint density at radius 1 is 1.47 bits per heavy atom. The van der Waals surface area contributed by atoms with Crippen LogP contribution in [0.4, 0.5) is 0 Å². The quantitative estimate of drug-likeness (QED) is 0.690. The van der Waals surface area contributed by atoms with Crippen molar-refractivity contribution in [2.75, 3.05) is 26.2 Å². The minimum Gasteiger partial charge on any atom is -0.465 e. The zero-order valence-corrected chi connectivity index (χ0v) is 11.3. The van der Waals surface area contributed by atoms with E-state index in [1.807, 2.05) is 6.92 Å². The Hall–Kier alpha value is -0.610. The van der Waals surface area contributed by atoms with Gasteiger partial charge in [0.15, 0.2) is 0 Å². The van der Waals surface area contributed by atoms with Crippen LogP contribution in [0.1, 0.15) is 40.0 Å². The number of ether oxygens (including phenoxy) is 1. The minimum atomic E-state index is -0.466. The van der Waals surface area contributed by atoms with E-state index in [2.05, 4.69) is 24.5 Å². The van der Waals surface area contributed by atoms with Crippen molar-refractivity contribution >= 4 is 5.97 Å². The lowest BCUT2D eigenvalue weighted by Gasteiger charge is -2.42. The summed E-state index contributed by atoms with van der Waals surface area (Å²) >= 11 is 0. The largest absolute Gasteiger partial charge is 0.465 e. The van der Waals surface area contributed by atoms with Gasteiger partial charge in [0.05, 0.1) is 6.61 Å². The lowest BCUT2D eigenvalue weighted by atomic mass is 9.76. The summed E-state index contributed by atoms with van der Waals surface area (Å²) in [6, 6.07) is 0. The Balaban J connectivity index is 2.84. The monoisotopic (exact) mass is 242 g/mol. The maximum absolute atomic E-state index is 12.3. The standard InChI is InChI=1S/C13H26N2O2/c1-4-8-15-13(12(16)17-6-3)7-9-14-10-11(13)5-2/h11,14-15H,4-10H2,1-3H3. The molecule has 0 radical (unpaired) electrons.